The summed E-state index contributed by atoms with van der Waals surface area (Å²) in [7, 11) is 0. The zero-order valence-corrected chi connectivity index (χ0v) is 9.51. The van der Waals surface area contributed by atoms with Crippen molar-refractivity contribution in [3.8, 4) is 5.75 Å². The van der Waals surface area contributed by atoms with Crippen molar-refractivity contribution in [1.82, 2.24) is 0 Å². The number of carbonyl (C=O) groups is 2. The lowest BCUT2D eigenvalue weighted by atomic mass is 10.2. The van der Waals surface area contributed by atoms with E-state index in [1.54, 1.807) is 0 Å². The van der Waals surface area contributed by atoms with Crippen molar-refractivity contribution in [3.05, 3.63) is 29.8 Å². The minimum absolute atomic E-state index is 0.274. The van der Waals surface area contributed by atoms with Crippen LogP contribution < -0.4 is 4.74 Å². The van der Waals surface area contributed by atoms with Gasteiger partial charge in [-0.2, -0.15) is 0 Å². The van der Waals surface area contributed by atoms with Gasteiger partial charge in [0.2, 0.25) is 0 Å². The number of aliphatic hydroxyl groups is 1. The Morgan fingerprint density at radius 2 is 1.88 bits per heavy atom. The Morgan fingerprint density at radius 1 is 1.24 bits per heavy atom. The second kappa shape index (κ2) is 6.65. The molecule has 1 aromatic carbocycles. The molecule has 5 heteroatoms. The van der Waals surface area contributed by atoms with Gasteiger partial charge in [0, 0.05) is 0 Å². The van der Waals surface area contributed by atoms with Crippen LogP contribution in [0.2, 0.25) is 0 Å². The molecule has 17 heavy (non-hydrogen) atoms. The fourth-order valence-corrected chi connectivity index (χ4v) is 1.10. The third-order valence-corrected chi connectivity index (χ3v) is 1.89. The van der Waals surface area contributed by atoms with Crippen molar-refractivity contribution in [3.63, 3.8) is 0 Å². The molecule has 0 aliphatic heterocycles. The summed E-state index contributed by atoms with van der Waals surface area (Å²) in [5.74, 6) is -0.880. The quantitative estimate of drug-likeness (QED) is 0.615. The van der Waals surface area contributed by atoms with Crippen molar-refractivity contribution in [2.45, 2.75) is 13.3 Å². The molecule has 0 atom stereocenters. The molecule has 0 fully saturated rings. The average Bonchev–Trinajstić information content (AvgIpc) is 2.36. The first-order chi connectivity index (χ1) is 8.17. The Bertz CT molecular complexity index is 382. The maximum Gasteiger partial charge on any atom is 0.338 e. The van der Waals surface area contributed by atoms with Crippen LogP contribution in [0.3, 0.4) is 0 Å². The van der Waals surface area contributed by atoms with Crippen LogP contribution in [0.1, 0.15) is 23.7 Å². The molecule has 1 aromatic rings. The van der Waals surface area contributed by atoms with Gasteiger partial charge in [0.05, 0.1) is 12.2 Å². The van der Waals surface area contributed by atoms with Crippen LogP contribution in [-0.2, 0) is 9.53 Å². The highest BCUT2D eigenvalue weighted by Crippen LogP contribution is 2.13. The van der Waals surface area contributed by atoms with E-state index in [1.165, 1.54) is 24.3 Å². The van der Waals surface area contributed by atoms with Crippen LogP contribution in [0.4, 0.5) is 0 Å². The highest BCUT2D eigenvalue weighted by molar-refractivity contribution is 5.89. The molecule has 0 aliphatic carbocycles. The van der Waals surface area contributed by atoms with Crippen LogP contribution in [-0.4, -0.2) is 30.3 Å². The molecule has 5 nitrogen and oxygen atoms in total. The van der Waals surface area contributed by atoms with E-state index in [9.17, 15) is 9.59 Å². The number of hydrogen-bond acceptors (Lipinski definition) is 5. The lowest BCUT2D eigenvalue weighted by Crippen LogP contribution is -2.12. The summed E-state index contributed by atoms with van der Waals surface area (Å²) >= 11 is 0. The number of aliphatic hydroxyl groups excluding tert-OH is 1. The van der Waals surface area contributed by atoms with E-state index < -0.39 is 18.5 Å². The molecule has 1 rings (SSSR count). The fraction of sp³-hybridized carbons (Fsp3) is 0.333. The van der Waals surface area contributed by atoms with Gasteiger partial charge in [0.1, 0.15) is 12.4 Å². The predicted molar refractivity (Wildman–Crippen MR) is 59.7 cm³/mol. The third-order valence-electron chi connectivity index (χ3n) is 1.89. The molecule has 0 bridgehead atoms. The molecule has 0 heterocycles. The van der Waals surface area contributed by atoms with E-state index in [4.69, 9.17) is 14.6 Å². The zero-order valence-electron chi connectivity index (χ0n) is 9.51. The molecule has 0 amide bonds. The lowest BCUT2D eigenvalue weighted by molar-refractivity contribution is -0.137. The maximum atomic E-state index is 11.4. The fourth-order valence-electron chi connectivity index (χ4n) is 1.10. The second-order valence-corrected chi connectivity index (χ2v) is 3.29. The lowest BCUT2D eigenvalue weighted by Gasteiger charge is -2.04. The van der Waals surface area contributed by atoms with Crippen LogP contribution in [0.5, 0.6) is 5.75 Å². The molecule has 0 aliphatic rings. The SMILES string of the molecule is CCCOC(=O)c1ccc(OC(=O)CO)cc1. The third kappa shape index (κ3) is 4.24. The smallest absolute Gasteiger partial charge is 0.338 e. The molecular weight excluding hydrogens is 224 g/mol. The van der Waals surface area contributed by atoms with Crippen LogP contribution >= 0.6 is 0 Å². The van der Waals surface area contributed by atoms with Gasteiger partial charge in [0.25, 0.3) is 0 Å². The van der Waals surface area contributed by atoms with Crippen molar-refractivity contribution in [1.29, 1.82) is 0 Å². The van der Waals surface area contributed by atoms with Gasteiger partial charge >= 0.3 is 11.9 Å². The van der Waals surface area contributed by atoms with E-state index in [1.807, 2.05) is 6.92 Å². The average molecular weight is 238 g/mol. The van der Waals surface area contributed by atoms with Crippen LogP contribution in [0.25, 0.3) is 0 Å². The molecule has 0 spiro atoms. The number of esters is 2. The number of carbonyl (C=O) groups excluding carboxylic acids is 2. The van der Waals surface area contributed by atoms with Gasteiger partial charge in [-0.1, -0.05) is 6.92 Å². The normalized spacial score (nSPS) is 9.76. The van der Waals surface area contributed by atoms with E-state index in [-0.39, 0.29) is 5.75 Å². The van der Waals surface area contributed by atoms with Gasteiger partial charge in [0.15, 0.2) is 0 Å². The second-order valence-electron chi connectivity index (χ2n) is 3.29. The van der Waals surface area contributed by atoms with Crippen LogP contribution in [0, 0.1) is 0 Å². The van der Waals surface area contributed by atoms with Gasteiger partial charge in [-0.25, -0.2) is 9.59 Å². The Labute approximate surface area is 99.0 Å². The minimum atomic E-state index is -0.744. The highest BCUT2D eigenvalue weighted by atomic mass is 16.5. The van der Waals surface area contributed by atoms with E-state index >= 15 is 0 Å². The molecule has 0 aromatic heterocycles. The Kier molecular flexibility index (Phi) is 5.16. The van der Waals surface area contributed by atoms with Gasteiger partial charge in [-0.15, -0.1) is 0 Å². The Balaban J connectivity index is 2.61. The summed E-state index contributed by atoms with van der Waals surface area (Å²) in [5.41, 5.74) is 0.391. The standard InChI is InChI=1S/C12H14O5/c1-2-7-16-12(15)9-3-5-10(6-4-9)17-11(14)8-13/h3-6,13H,2,7-8H2,1H3. The summed E-state index contributed by atoms with van der Waals surface area (Å²) in [4.78, 5) is 22.2. The monoisotopic (exact) mass is 238 g/mol. The van der Waals surface area contributed by atoms with Crippen molar-refractivity contribution >= 4 is 11.9 Å². The summed E-state index contributed by atoms with van der Waals surface area (Å²) < 4.78 is 9.67. The molecule has 0 saturated heterocycles. The zero-order chi connectivity index (χ0) is 12.7. The van der Waals surface area contributed by atoms with Gasteiger partial charge < -0.3 is 14.6 Å². The van der Waals surface area contributed by atoms with E-state index in [0.717, 1.165) is 6.42 Å². The molecule has 0 unspecified atom stereocenters. The minimum Gasteiger partial charge on any atom is -0.462 e. The van der Waals surface area contributed by atoms with E-state index in [0.29, 0.717) is 12.2 Å². The topological polar surface area (TPSA) is 72.8 Å². The van der Waals surface area contributed by atoms with Gasteiger partial charge in [-0.05, 0) is 30.7 Å². The molecule has 1 N–H and O–H groups in total. The summed E-state index contributed by atoms with van der Waals surface area (Å²) in [5, 5.41) is 8.49. The van der Waals surface area contributed by atoms with Crippen molar-refractivity contribution in [2.75, 3.05) is 13.2 Å². The van der Waals surface area contributed by atoms with Crippen molar-refractivity contribution < 1.29 is 24.2 Å². The number of rotatable bonds is 5. The summed E-state index contributed by atoms with van der Waals surface area (Å²) in [6.45, 7) is 1.60. The van der Waals surface area contributed by atoms with E-state index in [2.05, 4.69) is 0 Å². The number of hydrogen-bond donors (Lipinski definition) is 1. The van der Waals surface area contributed by atoms with Crippen molar-refractivity contribution in [2.24, 2.45) is 0 Å². The molecule has 92 valence electrons. The first kappa shape index (κ1) is 13.2. The predicted octanol–water partition coefficient (Wildman–Crippen LogP) is 1.15. The number of benzene rings is 1. The molecular formula is C12H14O5. The summed E-state index contributed by atoms with van der Waals surface area (Å²) in [6, 6.07) is 5.93. The first-order valence-corrected chi connectivity index (χ1v) is 5.26. The Hall–Kier alpha value is -1.88. The maximum absolute atomic E-state index is 11.4. The van der Waals surface area contributed by atoms with Crippen LogP contribution in [0.15, 0.2) is 24.3 Å². The highest BCUT2D eigenvalue weighted by Gasteiger charge is 2.07. The van der Waals surface area contributed by atoms with Gasteiger partial charge in [-0.3, -0.25) is 0 Å². The largest absolute Gasteiger partial charge is 0.462 e. The molecule has 0 saturated carbocycles. The number of ether oxygens (including phenoxy) is 2. The Morgan fingerprint density at radius 3 is 2.41 bits per heavy atom. The molecule has 0 radical (unpaired) electrons. The summed E-state index contributed by atoms with van der Waals surface area (Å²) in [6.07, 6.45) is 0.762. The first-order valence-electron chi connectivity index (χ1n) is 5.26.